The van der Waals surface area contributed by atoms with E-state index < -0.39 is 45.4 Å². The third-order valence-electron chi connectivity index (χ3n) is 6.65. The summed E-state index contributed by atoms with van der Waals surface area (Å²) in [6.07, 6.45) is 3.90. The molecule has 1 aromatic carbocycles. The molecule has 1 aromatic rings. The number of hydrogen-bond acceptors (Lipinski definition) is 7. The van der Waals surface area contributed by atoms with Crippen LogP contribution in [-0.4, -0.2) is 69.8 Å². The SMILES string of the molecule is CCNC(=O)C(=O)[C@H](Cc1ccc(C)cc1)NC(=O)[C@H](CC(C)C)NC(=O)CNC(=O)CCCCC1CCSS1=O. The summed E-state index contributed by atoms with van der Waals surface area (Å²) >= 11 is 0. The van der Waals surface area contributed by atoms with E-state index in [9.17, 15) is 28.2 Å². The van der Waals surface area contributed by atoms with Crippen LogP contribution in [0.15, 0.2) is 24.3 Å². The zero-order valence-corrected chi connectivity index (χ0v) is 26.1. The van der Waals surface area contributed by atoms with Crippen LogP contribution in [-0.2, 0) is 40.2 Å². The number of unbranched alkanes of at least 4 members (excludes halogenated alkanes) is 1. The first kappa shape index (κ1) is 34.5. The van der Waals surface area contributed by atoms with Crippen molar-refractivity contribution in [2.24, 2.45) is 5.92 Å². The maximum atomic E-state index is 13.3. The fourth-order valence-corrected chi connectivity index (χ4v) is 7.91. The van der Waals surface area contributed by atoms with Gasteiger partial charge in [0.1, 0.15) is 12.1 Å². The number of aryl methyl sites for hydroxylation is 1. The van der Waals surface area contributed by atoms with Crippen LogP contribution in [0.3, 0.4) is 0 Å². The average Bonchev–Trinajstić information content (AvgIpc) is 3.34. The minimum absolute atomic E-state index is 0.0443. The maximum Gasteiger partial charge on any atom is 0.289 e. The van der Waals surface area contributed by atoms with E-state index >= 15 is 0 Å². The number of hydrogen-bond donors (Lipinski definition) is 4. The number of Topliss-reactive ketones (excluding diaryl/α,β-unsaturated/α-hetero) is 1. The van der Waals surface area contributed by atoms with Crippen LogP contribution in [0.1, 0.15) is 70.4 Å². The van der Waals surface area contributed by atoms with Gasteiger partial charge in [0.15, 0.2) is 0 Å². The number of carbonyl (C=O) groups excluding carboxylic acids is 5. The van der Waals surface area contributed by atoms with Crippen molar-refractivity contribution in [3.63, 3.8) is 0 Å². The fraction of sp³-hybridized carbons (Fsp3) is 0.621. The van der Waals surface area contributed by atoms with Gasteiger partial charge >= 0.3 is 0 Å². The van der Waals surface area contributed by atoms with Crippen molar-refractivity contribution in [3.05, 3.63) is 35.4 Å². The minimum Gasteiger partial charge on any atom is -0.350 e. The standard InChI is InChI=1S/C29H44N4O6S2/c1-5-30-29(38)27(36)23(17-21-12-10-20(4)11-13-21)33-28(37)24(16-19(2)3)32-26(35)18-31-25(34)9-7-6-8-22-14-15-40-41(22)39/h10-13,19,22-24H,5-9,14-18H2,1-4H3,(H,30,38)(H,31,34)(H,32,35)(H,33,37)/t22?,23-,24-,41?/m0/s1. The van der Waals surface area contributed by atoms with E-state index in [1.807, 2.05) is 45.0 Å². The molecule has 0 spiro atoms. The van der Waals surface area contributed by atoms with Gasteiger partial charge in [0.25, 0.3) is 5.91 Å². The molecule has 4 atom stereocenters. The van der Waals surface area contributed by atoms with Gasteiger partial charge in [0.05, 0.1) is 16.4 Å². The molecular weight excluding hydrogens is 564 g/mol. The second-order valence-electron chi connectivity index (χ2n) is 10.7. The van der Waals surface area contributed by atoms with Crippen molar-refractivity contribution < 1.29 is 28.2 Å². The van der Waals surface area contributed by atoms with E-state index in [2.05, 4.69) is 21.3 Å². The van der Waals surface area contributed by atoms with Gasteiger partial charge in [-0.05, 0) is 51.0 Å². The van der Waals surface area contributed by atoms with Crippen molar-refractivity contribution >= 4 is 50.0 Å². The quantitative estimate of drug-likeness (QED) is 0.120. The van der Waals surface area contributed by atoms with Gasteiger partial charge < -0.3 is 21.3 Å². The Morgan fingerprint density at radius 2 is 1.68 bits per heavy atom. The maximum absolute atomic E-state index is 13.3. The molecule has 4 N–H and O–H groups in total. The zero-order chi connectivity index (χ0) is 30.4. The van der Waals surface area contributed by atoms with Crippen molar-refractivity contribution in [1.82, 2.24) is 21.3 Å². The summed E-state index contributed by atoms with van der Waals surface area (Å²) in [5.41, 5.74) is 1.82. The number of nitrogens with one attached hydrogen (secondary N) is 4. The summed E-state index contributed by atoms with van der Waals surface area (Å²) in [6, 6.07) is 5.39. The molecule has 41 heavy (non-hydrogen) atoms. The van der Waals surface area contributed by atoms with Crippen molar-refractivity contribution in [3.8, 4) is 0 Å². The second kappa shape index (κ2) is 17.9. The molecule has 0 saturated carbocycles. The summed E-state index contributed by atoms with van der Waals surface area (Å²) in [4.78, 5) is 63.4. The molecule has 1 heterocycles. The number of amides is 4. The first-order valence-corrected chi connectivity index (χ1v) is 17.0. The van der Waals surface area contributed by atoms with E-state index in [0.717, 1.165) is 36.1 Å². The Morgan fingerprint density at radius 1 is 0.976 bits per heavy atom. The average molecular weight is 609 g/mol. The van der Waals surface area contributed by atoms with Crippen molar-refractivity contribution in [2.45, 2.75) is 90.0 Å². The Morgan fingerprint density at radius 3 is 2.29 bits per heavy atom. The molecular formula is C29H44N4O6S2. The van der Waals surface area contributed by atoms with Gasteiger partial charge in [0.2, 0.25) is 23.5 Å². The largest absolute Gasteiger partial charge is 0.350 e. The third kappa shape index (κ3) is 12.8. The molecule has 1 aliphatic rings. The van der Waals surface area contributed by atoms with Gasteiger partial charge in [0, 0.05) is 30.4 Å². The fourth-order valence-electron chi connectivity index (χ4n) is 4.42. The molecule has 1 saturated heterocycles. The van der Waals surface area contributed by atoms with Crippen LogP contribution in [0.4, 0.5) is 0 Å². The normalized spacial score (nSPS) is 17.9. The lowest BCUT2D eigenvalue weighted by molar-refractivity contribution is -0.140. The molecule has 2 rings (SSSR count). The third-order valence-corrected chi connectivity index (χ3v) is 10.3. The molecule has 228 valence electrons. The predicted octanol–water partition coefficient (Wildman–Crippen LogP) is 2.10. The minimum atomic E-state index is -1.11. The van der Waals surface area contributed by atoms with Crippen LogP contribution in [0.25, 0.3) is 0 Å². The first-order valence-electron chi connectivity index (χ1n) is 14.3. The predicted molar refractivity (Wildman–Crippen MR) is 162 cm³/mol. The van der Waals surface area contributed by atoms with Crippen LogP contribution < -0.4 is 21.3 Å². The lowest BCUT2D eigenvalue weighted by Gasteiger charge is -2.24. The molecule has 1 aliphatic heterocycles. The Labute approximate surface area is 249 Å². The summed E-state index contributed by atoms with van der Waals surface area (Å²) in [5, 5.41) is 10.6. The van der Waals surface area contributed by atoms with Crippen molar-refractivity contribution in [2.75, 3.05) is 18.8 Å². The van der Waals surface area contributed by atoms with E-state index in [-0.39, 0.29) is 43.0 Å². The highest BCUT2D eigenvalue weighted by atomic mass is 33.1. The molecule has 4 amide bonds. The second-order valence-corrected chi connectivity index (χ2v) is 14.3. The topological polar surface area (TPSA) is 151 Å². The van der Waals surface area contributed by atoms with Crippen LogP contribution in [0.2, 0.25) is 0 Å². The molecule has 1 fully saturated rings. The molecule has 0 radical (unpaired) electrons. The lowest BCUT2D eigenvalue weighted by atomic mass is 9.98. The first-order chi connectivity index (χ1) is 19.5. The number of likely N-dealkylation sites (N-methyl/N-ethyl adjacent to an activating group) is 1. The van der Waals surface area contributed by atoms with Crippen LogP contribution >= 0.6 is 10.8 Å². The Hall–Kier alpha value is -2.73. The van der Waals surface area contributed by atoms with Gasteiger partial charge in [-0.15, -0.1) is 0 Å². The zero-order valence-electron chi connectivity index (χ0n) is 24.5. The molecule has 0 bridgehead atoms. The monoisotopic (exact) mass is 608 g/mol. The van der Waals surface area contributed by atoms with Gasteiger partial charge in [-0.25, -0.2) is 4.21 Å². The summed E-state index contributed by atoms with van der Waals surface area (Å²) in [6.45, 7) is 7.42. The van der Waals surface area contributed by atoms with Gasteiger partial charge in [-0.3, -0.25) is 24.0 Å². The number of ketones is 1. The highest BCUT2D eigenvalue weighted by Gasteiger charge is 2.30. The van der Waals surface area contributed by atoms with Gasteiger partial charge in [-0.1, -0.05) is 60.9 Å². The smallest absolute Gasteiger partial charge is 0.289 e. The molecule has 12 heteroatoms. The highest BCUT2D eigenvalue weighted by molar-refractivity contribution is 8.69. The van der Waals surface area contributed by atoms with E-state index in [1.165, 1.54) is 10.8 Å². The van der Waals surface area contributed by atoms with E-state index in [0.29, 0.717) is 12.8 Å². The summed E-state index contributed by atoms with van der Waals surface area (Å²) in [5.74, 6) is -1.95. The lowest BCUT2D eigenvalue weighted by Crippen LogP contribution is -2.55. The Balaban J connectivity index is 1.93. The number of carbonyl (C=O) groups is 5. The Bertz CT molecular complexity index is 1080. The van der Waals surface area contributed by atoms with E-state index in [4.69, 9.17) is 0 Å². The molecule has 10 nitrogen and oxygen atoms in total. The number of rotatable bonds is 17. The molecule has 0 aliphatic carbocycles. The summed E-state index contributed by atoms with van der Waals surface area (Å²) in [7, 11) is 0.656. The summed E-state index contributed by atoms with van der Waals surface area (Å²) < 4.78 is 11.8. The number of benzene rings is 1. The van der Waals surface area contributed by atoms with Crippen LogP contribution in [0, 0.1) is 12.8 Å². The molecule has 0 aromatic heterocycles. The Kier molecular flexibility index (Phi) is 15.1. The van der Waals surface area contributed by atoms with Crippen molar-refractivity contribution in [1.29, 1.82) is 0 Å². The van der Waals surface area contributed by atoms with Gasteiger partial charge in [-0.2, -0.15) is 0 Å². The van der Waals surface area contributed by atoms with Crippen LogP contribution in [0.5, 0.6) is 0 Å². The highest BCUT2D eigenvalue weighted by Crippen LogP contribution is 2.29. The molecule has 2 unspecified atom stereocenters. The van der Waals surface area contributed by atoms with E-state index in [1.54, 1.807) is 6.92 Å².